The minimum atomic E-state index is -0.224. The zero-order valence-corrected chi connectivity index (χ0v) is 29.5. The van der Waals surface area contributed by atoms with Gasteiger partial charge in [-0.3, -0.25) is 4.79 Å². The van der Waals surface area contributed by atoms with Crippen LogP contribution in [-0.4, -0.2) is 32.1 Å². The molecule has 2 aliphatic heterocycles. The van der Waals surface area contributed by atoms with E-state index in [4.69, 9.17) is 14.7 Å². The van der Waals surface area contributed by atoms with Gasteiger partial charge in [-0.25, -0.2) is 9.97 Å². The molecule has 0 saturated heterocycles. The summed E-state index contributed by atoms with van der Waals surface area (Å²) in [6.07, 6.45) is 7.18. The van der Waals surface area contributed by atoms with E-state index < -0.39 is 0 Å². The van der Waals surface area contributed by atoms with Crippen molar-refractivity contribution in [2.75, 3.05) is 6.61 Å². The first-order valence-corrected chi connectivity index (χ1v) is 17.7. The molecule has 0 aromatic carbocycles. The Balaban J connectivity index is 2.08. The molecule has 6 nitrogen and oxygen atoms in total. The van der Waals surface area contributed by atoms with E-state index in [9.17, 15) is 4.79 Å². The second kappa shape index (κ2) is 14.2. The Hall–Kier alpha value is -3.93. The molecule has 46 heavy (non-hydrogen) atoms. The first-order chi connectivity index (χ1) is 22.3. The maximum absolute atomic E-state index is 13.2. The molecule has 0 fully saturated rings. The normalized spacial score (nSPS) is 13.2. The molecule has 0 spiro atoms. The summed E-state index contributed by atoms with van der Waals surface area (Å²) in [5.74, 6) is -0.224. The number of aryl methyl sites for hydroxylation is 4. The van der Waals surface area contributed by atoms with Crippen molar-refractivity contribution in [1.29, 1.82) is 0 Å². The van der Waals surface area contributed by atoms with Crippen LogP contribution < -0.4 is 0 Å². The lowest BCUT2D eigenvalue weighted by molar-refractivity contribution is -0.143. The van der Waals surface area contributed by atoms with Crippen LogP contribution in [0.25, 0.3) is 44.4 Å². The number of esters is 1. The molecular formula is C40H52N4O2. The molecule has 5 heterocycles. The number of allylic oxidation sites excluding steroid dienone is 4. The number of carbonyl (C=O) groups excluding carboxylic acids is 1. The van der Waals surface area contributed by atoms with Crippen molar-refractivity contribution in [3.05, 3.63) is 69.3 Å². The Bertz CT molecular complexity index is 1880. The summed E-state index contributed by atoms with van der Waals surface area (Å²) in [4.78, 5) is 27.6. The summed E-state index contributed by atoms with van der Waals surface area (Å²) in [6, 6.07) is 9.02. The molecule has 0 amide bonds. The van der Waals surface area contributed by atoms with E-state index in [1.54, 1.807) is 0 Å². The quantitative estimate of drug-likeness (QED) is 0.217. The van der Waals surface area contributed by atoms with Crippen molar-refractivity contribution >= 4 is 50.3 Å². The van der Waals surface area contributed by atoms with Gasteiger partial charge in [0.25, 0.3) is 0 Å². The van der Waals surface area contributed by atoms with Gasteiger partial charge in [0.05, 0.1) is 29.4 Å². The minimum absolute atomic E-state index is 0.153. The molecule has 3 aromatic rings. The predicted octanol–water partition coefficient (Wildman–Crippen LogP) is 10.1. The lowest BCUT2D eigenvalue weighted by Gasteiger charge is -2.08. The third-order valence-electron chi connectivity index (χ3n) is 9.83. The molecule has 5 rings (SSSR count). The van der Waals surface area contributed by atoms with Crippen LogP contribution in [0.5, 0.6) is 0 Å². The van der Waals surface area contributed by atoms with Crippen LogP contribution in [-0.2, 0) is 41.8 Å². The molecule has 0 atom stereocenters. The molecule has 2 aliphatic rings. The number of carbonyl (C=O) groups is 1. The molecular weight excluding hydrogens is 568 g/mol. The van der Waals surface area contributed by atoms with Crippen molar-refractivity contribution in [3.63, 3.8) is 0 Å². The van der Waals surface area contributed by atoms with Crippen LogP contribution in [0.4, 0.5) is 0 Å². The number of ether oxygens (including phenoxy) is 1. The monoisotopic (exact) mass is 620 g/mol. The van der Waals surface area contributed by atoms with Crippen molar-refractivity contribution in [1.82, 2.24) is 19.5 Å². The lowest BCUT2D eigenvalue weighted by atomic mass is 9.97. The number of nitrogens with zero attached hydrogens (tertiary/aromatic N) is 3. The summed E-state index contributed by atoms with van der Waals surface area (Å²) in [7, 11) is 0. The average Bonchev–Trinajstić information content (AvgIpc) is 3.75. The van der Waals surface area contributed by atoms with Crippen LogP contribution in [0.2, 0.25) is 0 Å². The van der Waals surface area contributed by atoms with Crippen LogP contribution in [0.3, 0.4) is 0 Å². The van der Waals surface area contributed by atoms with E-state index in [0.717, 1.165) is 96.2 Å². The van der Waals surface area contributed by atoms with E-state index in [0.29, 0.717) is 6.61 Å². The summed E-state index contributed by atoms with van der Waals surface area (Å²) in [5.41, 5.74) is 18.8. The third-order valence-corrected chi connectivity index (χ3v) is 9.83. The van der Waals surface area contributed by atoms with Gasteiger partial charge in [-0.15, -0.1) is 0 Å². The number of rotatable bonds is 11. The highest BCUT2D eigenvalue weighted by Crippen LogP contribution is 2.39. The van der Waals surface area contributed by atoms with Gasteiger partial charge in [-0.1, -0.05) is 55.4 Å². The summed E-state index contributed by atoms with van der Waals surface area (Å²) < 4.78 is 7.72. The zero-order valence-electron chi connectivity index (χ0n) is 29.5. The third kappa shape index (κ3) is 5.76. The van der Waals surface area contributed by atoms with Crippen LogP contribution in [0.15, 0.2) is 24.3 Å². The highest BCUT2D eigenvalue weighted by Gasteiger charge is 2.24. The van der Waals surface area contributed by atoms with E-state index in [1.165, 1.54) is 44.5 Å². The number of nitrogens with one attached hydrogen (secondary N) is 1. The largest absolute Gasteiger partial charge is 0.465 e. The number of aromatic nitrogens is 4. The fourth-order valence-corrected chi connectivity index (χ4v) is 7.80. The van der Waals surface area contributed by atoms with Crippen LogP contribution >= 0.6 is 0 Å². The fourth-order valence-electron chi connectivity index (χ4n) is 7.80. The van der Waals surface area contributed by atoms with E-state index in [2.05, 4.69) is 89.2 Å². The number of aromatic amines is 1. The molecule has 8 bridgehead atoms. The maximum atomic E-state index is 13.2. The van der Waals surface area contributed by atoms with Gasteiger partial charge >= 0.3 is 5.97 Å². The van der Waals surface area contributed by atoms with Crippen LogP contribution in [0, 0.1) is 0 Å². The zero-order chi connectivity index (χ0) is 33.1. The minimum Gasteiger partial charge on any atom is -0.465 e. The summed E-state index contributed by atoms with van der Waals surface area (Å²) in [6.45, 7) is 20.2. The standard InChI is InChI=1S/C40H52N4O2/c1-10-24-25(11-2)33-20-35-27(13-4)29(15-6)37(43-35)22-39-31(17-8)30(16-7)38(44(39)23-40(45)46-18-9)21-36-28(14-5)26(12-3)34(42-36)19-32(24)41-33/h19-22,42H,10-18,23H2,1-9H3. The number of hydrogen-bond donors (Lipinski definition) is 1. The van der Waals surface area contributed by atoms with Gasteiger partial charge in [0.2, 0.25) is 0 Å². The molecule has 244 valence electrons. The summed E-state index contributed by atoms with van der Waals surface area (Å²) in [5, 5.41) is 0. The van der Waals surface area contributed by atoms with E-state index >= 15 is 0 Å². The van der Waals surface area contributed by atoms with Crippen molar-refractivity contribution in [2.24, 2.45) is 0 Å². The Morgan fingerprint density at radius 1 is 0.565 bits per heavy atom. The molecule has 0 aliphatic carbocycles. The van der Waals surface area contributed by atoms with Gasteiger partial charge in [-0.2, -0.15) is 0 Å². The molecule has 1 N–H and O–H groups in total. The highest BCUT2D eigenvalue weighted by molar-refractivity contribution is 5.96. The Morgan fingerprint density at radius 3 is 1.41 bits per heavy atom. The SMILES string of the molecule is CCOC(=O)Cn1c2cc3nc(cc4nc(cc5[nH]c(cc1c(CC)c2CC)c(CC)c5CC)C(CC)=C4CC)C(CC)=C3CC. The summed E-state index contributed by atoms with van der Waals surface area (Å²) >= 11 is 0. The van der Waals surface area contributed by atoms with Crippen molar-refractivity contribution in [2.45, 2.75) is 120 Å². The van der Waals surface area contributed by atoms with Gasteiger partial charge in [0, 0.05) is 22.1 Å². The first-order valence-electron chi connectivity index (χ1n) is 17.7. The Morgan fingerprint density at radius 2 is 0.978 bits per heavy atom. The van der Waals surface area contributed by atoms with Gasteiger partial charge in [0.1, 0.15) is 6.54 Å². The van der Waals surface area contributed by atoms with Gasteiger partial charge in [-0.05, 0) is 127 Å². The number of fused-ring (bicyclic) bond motifs is 8. The molecule has 0 unspecified atom stereocenters. The molecule has 0 radical (unpaired) electrons. The second-order valence-electron chi connectivity index (χ2n) is 12.1. The Kier molecular flexibility index (Phi) is 10.3. The van der Waals surface area contributed by atoms with Crippen molar-refractivity contribution in [3.8, 4) is 0 Å². The number of hydrogen-bond acceptors (Lipinski definition) is 4. The van der Waals surface area contributed by atoms with Gasteiger partial charge in [0.15, 0.2) is 0 Å². The fraction of sp³-hybridized carbons (Fsp3) is 0.475. The highest BCUT2D eigenvalue weighted by atomic mass is 16.5. The topological polar surface area (TPSA) is 72.8 Å². The predicted molar refractivity (Wildman–Crippen MR) is 194 cm³/mol. The Labute approximate surface area is 275 Å². The first kappa shape index (κ1) is 33.4. The van der Waals surface area contributed by atoms with Crippen molar-refractivity contribution < 1.29 is 9.53 Å². The number of H-pyrrole nitrogens is 1. The molecule has 3 aromatic heterocycles. The van der Waals surface area contributed by atoms with Gasteiger partial charge < -0.3 is 14.3 Å². The van der Waals surface area contributed by atoms with Crippen LogP contribution in [0.1, 0.15) is 133 Å². The average molecular weight is 621 g/mol. The maximum Gasteiger partial charge on any atom is 0.325 e. The smallest absolute Gasteiger partial charge is 0.325 e. The second-order valence-corrected chi connectivity index (χ2v) is 12.1. The molecule has 6 heteroatoms. The lowest BCUT2D eigenvalue weighted by Crippen LogP contribution is -2.13. The molecule has 0 saturated carbocycles. The van der Waals surface area contributed by atoms with E-state index in [1.807, 2.05) is 6.92 Å². The van der Waals surface area contributed by atoms with E-state index in [-0.39, 0.29) is 12.5 Å².